The maximum atomic E-state index is 13.3. The maximum absolute atomic E-state index is 13.3. The number of hydrogen-bond donors (Lipinski definition) is 0. The molecular formula is C23H20ClN3O2S. The molecule has 0 atom stereocenters. The topological polar surface area (TPSA) is 55.3 Å². The molecule has 7 heteroatoms. The van der Waals surface area contributed by atoms with Crippen molar-refractivity contribution < 1.29 is 9.53 Å². The molecule has 0 bridgehead atoms. The van der Waals surface area contributed by atoms with Crippen LogP contribution in [0, 0.1) is 6.92 Å². The van der Waals surface area contributed by atoms with Gasteiger partial charge in [-0.2, -0.15) is 0 Å². The standard InChI is InChI=1S/C23H20ClN3O2S/c1-15-6-5-7-16(12-15)13-20(28)27(14-17-8-3-4-11-25-17)23-26-21-19(29-2)10-9-18(24)22(21)30-23/h3-12H,13-14H2,1-2H3. The van der Waals surface area contributed by atoms with Crippen molar-refractivity contribution in [1.82, 2.24) is 9.97 Å². The van der Waals surface area contributed by atoms with E-state index in [4.69, 9.17) is 21.3 Å². The van der Waals surface area contributed by atoms with Crippen LogP contribution < -0.4 is 9.64 Å². The highest BCUT2D eigenvalue weighted by Crippen LogP contribution is 2.39. The van der Waals surface area contributed by atoms with Crippen LogP contribution in [0.15, 0.2) is 60.8 Å². The fourth-order valence-corrected chi connectivity index (χ4v) is 4.50. The smallest absolute Gasteiger partial charge is 0.233 e. The number of aryl methyl sites for hydroxylation is 1. The van der Waals surface area contributed by atoms with Gasteiger partial charge in [-0.05, 0) is 36.8 Å². The summed E-state index contributed by atoms with van der Waals surface area (Å²) in [4.78, 5) is 24.1. The number of amides is 1. The molecule has 2 aromatic heterocycles. The Balaban J connectivity index is 1.74. The Bertz CT molecular complexity index is 1190. The minimum atomic E-state index is -0.0552. The van der Waals surface area contributed by atoms with Crippen LogP contribution in [0.25, 0.3) is 10.2 Å². The number of thiazole rings is 1. The summed E-state index contributed by atoms with van der Waals surface area (Å²) in [6, 6.07) is 17.2. The van der Waals surface area contributed by atoms with Gasteiger partial charge in [0, 0.05) is 6.20 Å². The second-order valence-electron chi connectivity index (χ2n) is 6.89. The Morgan fingerprint density at radius 2 is 2.03 bits per heavy atom. The highest BCUT2D eigenvalue weighted by molar-refractivity contribution is 7.23. The molecule has 0 saturated carbocycles. The largest absolute Gasteiger partial charge is 0.494 e. The van der Waals surface area contributed by atoms with Gasteiger partial charge < -0.3 is 4.74 Å². The van der Waals surface area contributed by atoms with E-state index in [1.807, 2.05) is 49.4 Å². The molecule has 0 aliphatic heterocycles. The number of rotatable bonds is 6. The van der Waals surface area contributed by atoms with Crippen molar-refractivity contribution in [3.8, 4) is 5.75 Å². The molecule has 4 aromatic rings. The number of pyridine rings is 1. The molecule has 0 saturated heterocycles. The average molecular weight is 438 g/mol. The summed E-state index contributed by atoms with van der Waals surface area (Å²) in [5.41, 5.74) is 3.52. The van der Waals surface area contributed by atoms with Crippen LogP contribution in [0.1, 0.15) is 16.8 Å². The van der Waals surface area contributed by atoms with Gasteiger partial charge in [0.05, 0.1) is 35.5 Å². The summed E-state index contributed by atoms with van der Waals surface area (Å²) < 4.78 is 6.22. The van der Waals surface area contributed by atoms with Crippen molar-refractivity contribution in [2.24, 2.45) is 0 Å². The van der Waals surface area contributed by atoms with Crippen LogP contribution in [-0.4, -0.2) is 23.0 Å². The first-order valence-electron chi connectivity index (χ1n) is 9.44. The van der Waals surface area contributed by atoms with Gasteiger partial charge in [-0.25, -0.2) is 4.98 Å². The quantitative estimate of drug-likeness (QED) is 0.403. The Labute approximate surface area is 183 Å². The normalized spacial score (nSPS) is 10.9. The minimum Gasteiger partial charge on any atom is -0.494 e. The fraction of sp³-hybridized carbons (Fsp3) is 0.174. The molecule has 0 radical (unpaired) electrons. The molecule has 1 amide bonds. The molecule has 4 rings (SSSR count). The van der Waals surface area contributed by atoms with E-state index in [0.29, 0.717) is 28.0 Å². The number of hydrogen-bond acceptors (Lipinski definition) is 5. The summed E-state index contributed by atoms with van der Waals surface area (Å²) in [6.45, 7) is 2.34. The number of benzene rings is 2. The third-order valence-corrected chi connectivity index (χ3v) is 6.22. The average Bonchev–Trinajstić information content (AvgIpc) is 3.19. The van der Waals surface area contributed by atoms with E-state index in [-0.39, 0.29) is 12.3 Å². The molecular weight excluding hydrogens is 418 g/mol. The SMILES string of the molecule is COc1ccc(Cl)c2sc(N(Cc3ccccn3)C(=O)Cc3cccc(C)c3)nc12. The molecule has 0 N–H and O–H groups in total. The van der Waals surface area contributed by atoms with E-state index >= 15 is 0 Å². The zero-order valence-electron chi connectivity index (χ0n) is 16.6. The van der Waals surface area contributed by atoms with Crippen LogP contribution in [0.4, 0.5) is 5.13 Å². The molecule has 0 spiro atoms. The molecule has 2 aromatic carbocycles. The third-order valence-electron chi connectivity index (χ3n) is 4.68. The van der Waals surface area contributed by atoms with Crippen LogP contribution >= 0.6 is 22.9 Å². The predicted molar refractivity (Wildman–Crippen MR) is 121 cm³/mol. The number of carbonyl (C=O) groups excluding carboxylic acids is 1. The van der Waals surface area contributed by atoms with Crippen molar-refractivity contribution in [1.29, 1.82) is 0 Å². The van der Waals surface area contributed by atoms with Crippen LogP contribution in [-0.2, 0) is 17.8 Å². The highest BCUT2D eigenvalue weighted by atomic mass is 35.5. The van der Waals surface area contributed by atoms with E-state index in [2.05, 4.69) is 4.98 Å². The Morgan fingerprint density at radius 3 is 2.77 bits per heavy atom. The van der Waals surface area contributed by atoms with Gasteiger partial charge in [-0.15, -0.1) is 0 Å². The van der Waals surface area contributed by atoms with E-state index in [0.717, 1.165) is 21.5 Å². The van der Waals surface area contributed by atoms with Crippen molar-refractivity contribution in [2.45, 2.75) is 19.9 Å². The van der Waals surface area contributed by atoms with Crippen LogP contribution in [0.2, 0.25) is 5.02 Å². The van der Waals surface area contributed by atoms with Crippen LogP contribution in [0.3, 0.4) is 0 Å². The van der Waals surface area contributed by atoms with E-state index < -0.39 is 0 Å². The summed E-state index contributed by atoms with van der Waals surface area (Å²) in [5, 5.41) is 1.15. The molecule has 152 valence electrons. The molecule has 0 fully saturated rings. The number of anilines is 1. The number of halogens is 1. The van der Waals surface area contributed by atoms with Gasteiger partial charge >= 0.3 is 0 Å². The zero-order chi connectivity index (χ0) is 21.1. The summed E-state index contributed by atoms with van der Waals surface area (Å²) >= 11 is 7.77. The lowest BCUT2D eigenvalue weighted by Gasteiger charge is -2.19. The van der Waals surface area contributed by atoms with Crippen molar-refractivity contribution in [3.63, 3.8) is 0 Å². The van der Waals surface area contributed by atoms with Gasteiger partial charge in [0.25, 0.3) is 0 Å². The highest BCUT2D eigenvalue weighted by Gasteiger charge is 2.23. The zero-order valence-corrected chi connectivity index (χ0v) is 18.2. The molecule has 5 nitrogen and oxygen atoms in total. The van der Waals surface area contributed by atoms with Crippen molar-refractivity contribution in [2.75, 3.05) is 12.0 Å². The number of ether oxygens (including phenoxy) is 1. The number of aromatic nitrogens is 2. The van der Waals surface area contributed by atoms with Gasteiger partial charge in [-0.3, -0.25) is 14.7 Å². The first-order chi connectivity index (χ1) is 14.5. The van der Waals surface area contributed by atoms with E-state index in [9.17, 15) is 4.79 Å². The Morgan fingerprint density at radius 1 is 1.17 bits per heavy atom. The number of nitrogens with zero attached hydrogens (tertiary/aromatic N) is 3. The molecule has 30 heavy (non-hydrogen) atoms. The van der Waals surface area contributed by atoms with Gasteiger partial charge in [-0.1, -0.05) is 58.8 Å². The van der Waals surface area contributed by atoms with Gasteiger partial charge in [0.1, 0.15) is 11.3 Å². The molecule has 0 aliphatic carbocycles. The van der Waals surface area contributed by atoms with Crippen LogP contribution in [0.5, 0.6) is 5.75 Å². The lowest BCUT2D eigenvalue weighted by atomic mass is 10.1. The predicted octanol–water partition coefficient (Wildman–Crippen LogP) is 5.44. The second-order valence-corrected chi connectivity index (χ2v) is 8.28. The third kappa shape index (κ3) is 4.30. The van der Waals surface area contributed by atoms with Gasteiger partial charge in [0.15, 0.2) is 5.13 Å². The van der Waals surface area contributed by atoms with Crippen molar-refractivity contribution >= 4 is 44.2 Å². The number of fused-ring (bicyclic) bond motifs is 1. The summed E-state index contributed by atoms with van der Waals surface area (Å²) in [5.74, 6) is 0.571. The first-order valence-corrected chi connectivity index (χ1v) is 10.6. The lowest BCUT2D eigenvalue weighted by Crippen LogP contribution is -2.32. The Hall–Kier alpha value is -2.96. The lowest BCUT2D eigenvalue weighted by molar-refractivity contribution is -0.118. The summed E-state index contributed by atoms with van der Waals surface area (Å²) in [7, 11) is 1.59. The minimum absolute atomic E-state index is 0.0552. The Kier molecular flexibility index (Phi) is 5.97. The van der Waals surface area contributed by atoms with E-state index in [1.165, 1.54) is 11.3 Å². The molecule has 2 heterocycles. The number of carbonyl (C=O) groups is 1. The van der Waals surface area contributed by atoms with Gasteiger partial charge in [0.2, 0.25) is 5.91 Å². The summed E-state index contributed by atoms with van der Waals surface area (Å²) in [6.07, 6.45) is 1.99. The molecule has 0 aliphatic rings. The van der Waals surface area contributed by atoms with Crippen molar-refractivity contribution in [3.05, 3.63) is 82.6 Å². The maximum Gasteiger partial charge on any atom is 0.233 e. The first kappa shape index (κ1) is 20.3. The second kappa shape index (κ2) is 8.81. The van der Waals surface area contributed by atoms with E-state index in [1.54, 1.807) is 30.3 Å². The number of methoxy groups -OCH3 is 1. The fourth-order valence-electron chi connectivity index (χ4n) is 3.23. The monoisotopic (exact) mass is 437 g/mol. The molecule has 0 unspecified atom stereocenters.